The van der Waals surface area contributed by atoms with E-state index in [1.165, 1.54) is 24.3 Å². The van der Waals surface area contributed by atoms with Crippen molar-refractivity contribution in [3.8, 4) is 0 Å². The number of non-ortho nitro benzene ring substituents is 1. The van der Waals surface area contributed by atoms with E-state index in [0.717, 1.165) is 10.9 Å². The van der Waals surface area contributed by atoms with Crippen molar-refractivity contribution in [3.05, 3.63) is 76.0 Å². The van der Waals surface area contributed by atoms with Gasteiger partial charge in [0.15, 0.2) is 0 Å². The quantitative estimate of drug-likeness (QED) is 0.546. The number of halogens is 1. The van der Waals surface area contributed by atoms with E-state index >= 15 is 0 Å². The Kier molecular flexibility index (Phi) is 3.27. The summed E-state index contributed by atoms with van der Waals surface area (Å²) >= 11 is 0. The van der Waals surface area contributed by atoms with Crippen molar-refractivity contribution in [1.82, 2.24) is 9.97 Å². The highest BCUT2D eigenvalue weighted by Gasteiger charge is 2.08. The lowest BCUT2D eigenvalue weighted by Crippen LogP contribution is -1.97. The van der Waals surface area contributed by atoms with E-state index in [0.29, 0.717) is 17.8 Å². The van der Waals surface area contributed by atoms with Crippen LogP contribution >= 0.6 is 0 Å². The minimum Gasteiger partial charge on any atom is -0.258 e. The molecular weight excluding hydrogens is 273 g/mol. The van der Waals surface area contributed by atoms with Gasteiger partial charge in [-0.15, -0.1) is 0 Å². The Hall–Kier alpha value is -2.89. The zero-order valence-corrected chi connectivity index (χ0v) is 10.9. The summed E-state index contributed by atoms with van der Waals surface area (Å²) in [7, 11) is 0. The molecule has 21 heavy (non-hydrogen) atoms. The summed E-state index contributed by atoms with van der Waals surface area (Å²) in [6, 6.07) is 10.5. The molecule has 0 unspecified atom stereocenters. The third-order valence-corrected chi connectivity index (χ3v) is 3.10. The number of aromatic nitrogens is 2. The summed E-state index contributed by atoms with van der Waals surface area (Å²) in [5.74, 6) is 0.239. The van der Waals surface area contributed by atoms with E-state index < -0.39 is 4.92 Å². The molecule has 3 aromatic rings. The normalized spacial score (nSPS) is 10.7. The van der Waals surface area contributed by atoms with Crippen LogP contribution in [0.1, 0.15) is 11.4 Å². The molecular formula is C15H10FN3O2. The maximum absolute atomic E-state index is 12.9. The highest BCUT2D eigenvalue weighted by atomic mass is 19.1. The smallest absolute Gasteiger partial charge is 0.258 e. The molecule has 1 heterocycles. The molecule has 104 valence electrons. The second-order valence-corrected chi connectivity index (χ2v) is 4.59. The lowest BCUT2D eigenvalue weighted by atomic mass is 10.1. The van der Waals surface area contributed by atoms with E-state index in [1.54, 1.807) is 24.4 Å². The first kappa shape index (κ1) is 13.1. The number of nitro benzene ring substituents is 1. The Morgan fingerprint density at radius 1 is 1.14 bits per heavy atom. The number of nitrogens with zero attached hydrogens (tertiary/aromatic N) is 3. The number of hydrogen-bond donors (Lipinski definition) is 0. The molecule has 0 fully saturated rings. The van der Waals surface area contributed by atoms with Crippen LogP contribution in [0.25, 0.3) is 10.9 Å². The predicted octanol–water partition coefficient (Wildman–Crippen LogP) is 3.27. The molecule has 0 amide bonds. The molecule has 2 aromatic carbocycles. The Morgan fingerprint density at radius 3 is 2.62 bits per heavy atom. The molecule has 6 heteroatoms. The van der Waals surface area contributed by atoms with E-state index in [4.69, 9.17) is 0 Å². The van der Waals surface area contributed by atoms with Gasteiger partial charge in [-0.05, 0) is 23.8 Å². The molecule has 0 aliphatic rings. The average molecular weight is 283 g/mol. The largest absolute Gasteiger partial charge is 0.271 e. The van der Waals surface area contributed by atoms with Crippen LogP contribution in [0, 0.1) is 15.9 Å². The number of benzene rings is 2. The van der Waals surface area contributed by atoms with Crippen LogP contribution in [0.2, 0.25) is 0 Å². The van der Waals surface area contributed by atoms with Crippen molar-refractivity contribution < 1.29 is 9.31 Å². The van der Waals surface area contributed by atoms with Crippen LogP contribution < -0.4 is 0 Å². The summed E-state index contributed by atoms with van der Waals surface area (Å²) in [5.41, 5.74) is 1.39. The molecule has 0 spiro atoms. The van der Waals surface area contributed by atoms with Crippen molar-refractivity contribution in [3.63, 3.8) is 0 Å². The molecule has 0 radical (unpaired) electrons. The molecule has 0 aliphatic heterocycles. The standard InChI is InChI=1S/C15H10FN3O2/c16-12-4-1-10(2-5-12)7-15-17-9-11-3-6-13(19(20)21)8-14(11)18-15/h1-6,8-9H,7H2. The minimum absolute atomic E-state index is 0.00562. The second kappa shape index (κ2) is 5.24. The maximum atomic E-state index is 12.9. The van der Waals surface area contributed by atoms with Crippen molar-refractivity contribution in [2.75, 3.05) is 0 Å². The van der Waals surface area contributed by atoms with Gasteiger partial charge >= 0.3 is 0 Å². The number of hydrogen-bond acceptors (Lipinski definition) is 4. The highest BCUT2D eigenvalue weighted by Crippen LogP contribution is 2.19. The fraction of sp³-hybridized carbons (Fsp3) is 0.0667. The first-order valence-electron chi connectivity index (χ1n) is 6.26. The first-order chi connectivity index (χ1) is 10.1. The van der Waals surface area contributed by atoms with Crippen LogP contribution in [0.15, 0.2) is 48.7 Å². The van der Waals surface area contributed by atoms with Gasteiger partial charge in [0.1, 0.15) is 11.6 Å². The zero-order valence-electron chi connectivity index (χ0n) is 10.9. The average Bonchev–Trinajstić information content (AvgIpc) is 2.49. The Balaban J connectivity index is 1.95. The van der Waals surface area contributed by atoms with E-state index in [2.05, 4.69) is 9.97 Å². The van der Waals surface area contributed by atoms with Gasteiger partial charge < -0.3 is 0 Å². The molecule has 0 aliphatic carbocycles. The van der Waals surface area contributed by atoms with Gasteiger partial charge in [-0.25, -0.2) is 14.4 Å². The first-order valence-corrected chi connectivity index (χ1v) is 6.26. The Morgan fingerprint density at radius 2 is 1.90 bits per heavy atom. The van der Waals surface area contributed by atoms with Crippen LogP contribution in [0.4, 0.5) is 10.1 Å². The Bertz CT molecular complexity index is 819. The molecule has 0 saturated carbocycles. The van der Waals surface area contributed by atoms with Crippen LogP contribution in [-0.2, 0) is 6.42 Å². The second-order valence-electron chi connectivity index (χ2n) is 4.59. The van der Waals surface area contributed by atoms with E-state index in [9.17, 15) is 14.5 Å². The molecule has 1 aromatic heterocycles. The summed E-state index contributed by atoms with van der Waals surface area (Å²) < 4.78 is 12.9. The van der Waals surface area contributed by atoms with Gasteiger partial charge in [-0.1, -0.05) is 12.1 Å². The number of nitro groups is 1. The summed E-state index contributed by atoms with van der Waals surface area (Å²) in [6.45, 7) is 0. The van der Waals surface area contributed by atoms with E-state index in [-0.39, 0.29) is 11.5 Å². The van der Waals surface area contributed by atoms with Crippen molar-refractivity contribution >= 4 is 16.6 Å². The fourth-order valence-corrected chi connectivity index (χ4v) is 2.03. The minimum atomic E-state index is -0.457. The maximum Gasteiger partial charge on any atom is 0.271 e. The Labute approximate surface area is 119 Å². The monoisotopic (exact) mass is 283 g/mol. The highest BCUT2D eigenvalue weighted by molar-refractivity contribution is 5.80. The van der Waals surface area contributed by atoms with Crippen LogP contribution in [0.3, 0.4) is 0 Å². The third kappa shape index (κ3) is 2.84. The zero-order chi connectivity index (χ0) is 14.8. The molecule has 3 rings (SSSR count). The van der Waals surface area contributed by atoms with E-state index in [1.807, 2.05) is 0 Å². The number of fused-ring (bicyclic) bond motifs is 1. The van der Waals surface area contributed by atoms with Gasteiger partial charge in [0.25, 0.3) is 5.69 Å². The molecule has 0 atom stereocenters. The fourth-order valence-electron chi connectivity index (χ4n) is 2.03. The van der Waals surface area contributed by atoms with Gasteiger partial charge in [-0.2, -0.15) is 0 Å². The SMILES string of the molecule is O=[N+]([O-])c1ccc2cnc(Cc3ccc(F)cc3)nc2c1. The number of rotatable bonds is 3. The van der Waals surface area contributed by atoms with Crippen LogP contribution in [0.5, 0.6) is 0 Å². The van der Waals surface area contributed by atoms with Crippen molar-refractivity contribution in [2.45, 2.75) is 6.42 Å². The van der Waals surface area contributed by atoms with Gasteiger partial charge in [-0.3, -0.25) is 10.1 Å². The van der Waals surface area contributed by atoms with Crippen molar-refractivity contribution in [2.24, 2.45) is 0 Å². The lowest BCUT2D eigenvalue weighted by Gasteiger charge is -2.03. The van der Waals surface area contributed by atoms with Gasteiger partial charge in [0, 0.05) is 30.1 Å². The summed E-state index contributed by atoms with van der Waals surface area (Å²) in [4.78, 5) is 18.9. The van der Waals surface area contributed by atoms with Crippen molar-refractivity contribution in [1.29, 1.82) is 0 Å². The molecule has 0 N–H and O–H groups in total. The lowest BCUT2D eigenvalue weighted by molar-refractivity contribution is -0.384. The topological polar surface area (TPSA) is 68.9 Å². The third-order valence-electron chi connectivity index (χ3n) is 3.10. The summed E-state index contributed by atoms with van der Waals surface area (Å²) in [6.07, 6.45) is 2.07. The molecule has 5 nitrogen and oxygen atoms in total. The van der Waals surface area contributed by atoms with Crippen LogP contribution in [-0.4, -0.2) is 14.9 Å². The molecule has 0 saturated heterocycles. The van der Waals surface area contributed by atoms with Gasteiger partial charge in [0.2, 0.25) is 0 Å². The summed E-state index contributed by atoms with van der Waals surface area (Å²) in [5, 5.41) is 11.5. The molecule has 0 bridgehead atoms. The predicted molar refractivity (Wildman–Crippen MR) is 75.4 cm³/mol. The van der Waals surface area contributed by atoms with Gasteiger partial charge in [0.05, 0.1) is 10.4 Å².